The number of aromatic nitrogens is 1. The molecule has 0 spiro atoms. The summed E-state index contributed by atoms with van der Waals surface area (Å²) in [6.45, 7) is 0. The molecule has 0 unspecified atom stereocenters. The van der Waals surface area contributed by atoms with Gasteiger partial charge in [0.25, 0.3) is 6.43 Å². The fourth-order valence-corrected chi connectivity index (χ4v) is 1.22. The molecular weight excluding hydrogens is 216 g/mol. The second-order valence-corrected chi connectivity index (χ2v) is 2.78. The van der Waals surface area contributed by atoms with Crippen molar-refractivity contribution in [2.45, 2.75) is 12.3 Å². The summed E-state index contributed by atoms with van der Waals surface area (Å²) in [4.78, 5) is 24.1. The summed E-state index contributed by atoms with van der Waals surface area (Å²) in [6, 6.07) is 0. The minimum absolute atomic E-state index is 0.104. The molecule has 1 rings (SSSR count). The van der Waals surface area contributed by atoms with Crippen LogP contribution in [0, 0.1) is 0 Å². The molecule has 0 saturated heterocycles. The van der Waals surface area contributed by atoms with Crippen molar-refractivity contribution in [3.63, 3.8) is 0 Å². The number of hydrogen-bond donors (Lipinski definition) is 1. The maximum Gasteiger partial charge on any atom is 0.269 e. The van der Waals surface area contributed by atoms with E-state index in [1.165, 1.54) is 0 Å². The average molecular weight is 222 g/mol. The molecule has 1 aromatic rings. The number of halogens is 3. The number of pyridine rings is 1. The predicted octanol–water partition coefficient (Wildman–Crippen LogP) is 1.86. The molecule has 3 nitrogen and oxygen atoms in total. The highest BCUT2D eigenvalue weighted by atomic mass is 35.5. The highest BCUT2D eigenvalue weighted by molar-refractivity contribution is 6.17. The molecule has 0 bridgehead atoms. The van der Waals surface area contributed by atoms with E-state index in [1.54, 1.807) is 0 Å². The van der Waals surface area contributed by atoms with Crippen molar-refractivity contribution in [1.82, 2.24) is 4.98 Å². The number of carbonyl (C=O) groups excluding carboxylic acids is 1. The first-order valence-electron chi connectivity index (χ1n) is 3.65. The monoisotopic (exact) mass is 221 g/mol. The van der Waals surface area contributed by atoms with Crippen LogP contribution < -0.4 is 5.43 Å². The zero-order valence-electron chi connectivity index (χ0n) is 6.89. The van der Waals surface area contributed by atoms with Crippen molar-refractivity contribution < 1.29 is 13.6 Å². The first-order valence-corrected chi connectivity index (χ1v) is 4.19. The van der Waals surface area contributed by atoms with E-state index in [4.69, 9.17) is 11.6 Å². The van der Waals surface area contributed by atoms with Gasteiger partial charge in [0.05, 0.1) is 17.0 Å². The number of nitrogens with one attached hydrogen (secondary N) is 1. The average Bonchev–Trinajstić information content (AvgIpc) is 2.16. The minimum atomic E-state index is -2.90. The molecule has 0 fully saturated rings. The van der Waals surface area contributed by atoms with Gasteiger partial charge in [-0.2, -0.15) is 0 Å². The third-order valence-electron chi connectivity index (χ3n) is 1.72. The number of aldehydes is 1. The number of rotatable bonds is 3. The Labute approximate surface area is 82.7 Å². The summed E-state index contributed by atoms with van der Waals surface area (Å²) in [7, 11) is 0. The molecule has 0 radical (unpaired) electrons. The summed E-state index contributed by atoms with van der Waals surface area (Å²) >= 11 is 5.40. The topological polar surface area (TPSA) is 49.9 Å². The lowest BCUT2D eigenvalue weighted by Gasteiger charge is -2.03. The molecular formula is C8H6ClF2NO2. The summed E-state index contributed by atoms with van der Waals surface area (Å²) in [5.74, 6) is -0.104. The van der Waals surface area contributed by atoms with E-state index >= 15 is 0 Å². The quantitative estimate of drug-likeness (QED) is 0.626. The number of H-pyrrole nitrogens is 1. The fourth-order valence-electron chi connectivity index (χ4n) is 0.998. The molecule has 1 aromatic heterocycles. The van der Waals surface area contributed by atoms with Crippen LogP contribution in [0.4, 0.5) is 8.78 Å². The molecule has 0 atom stereocenters. The molecule has 1 heterocycles. The summed E-state index contributed by atoms with van der Waals surface area (Å²) in [5.41, 5.74) is -1.88. The van der Waals surface area contributed by atoms with Gasteiger partial charge < -0.3 is 4.98 Å². The van der Waals surface area contributed by atoms with E-state index in [0.717, 1.165) is 6.20 Å². The SMILES string of the molecule is O=Cc1c(CCl)[nH]cc(C(F)F)c1=O. The van der Waals surface area contributed by atoms with Gasteiger partial charge in [0, 0.05) is 11.9 Å². The van der Waals surface area contributed by atoms with Crippen LogP contribution in [0.5, 0.6) is 0 Å². The second kappa shape index (κ2) is 4.32. The Bertz CT molecular complexity index is 403. The van der Waals surface area contributed by atoms with Crippen LogP contribution in [-0.2, 0) is 5.88 Å². The number of alkyl halides is 3. The molecule has 1 N–H and O–H groups in total. The van der Waals surface area contributed by atoms with Gasteiger partial charge in [-0.25, -0.2) is 8.78 Å². The van der Waals surface area contributed by atoms with E-state index in [1.807, 2.05) is 0 Å². The van der Waals surface area contributed by atoms with Crippen molar-refractivity contribution in [3.05, 3.63) is 33.2 Å². The molecule has 14 heavy (non-hydrogen) atoms. The van der Waals surface area contributed by atoms with Crippen LogP contribution in [0.1, 0.15) is 28.0 Å². The van der Waals surface area contributed by atoms with Gasteiger partial charge in [0.2, 0.25) is 5.43 Å². The Hall–Kier alpha value is -1.23. The summed E-state index contributed by atoms with van der Waals surface area (Å²) in [5, 5.41) is 0. The predicted molar refractivity (Wildman–Crippen MR) is 47.0 cm³/mol. The van der Waals surface area contributed by atoms with E-state index in [9.17, 15) is 18.4 Å². The summed E-state index contributed by atoms with van der Waals surface area (Å²) in [6.07, 6.45) is -1.80. The molecule has 0 saturated carbocycles. The van der Waals surface area contributed by atoms with Crippen molar-refractivity contribution in [1.29, 1.82) is 0 Å². The third kappa shape index (κ3) is 1.82. The molecule has 0 aliphatic carbocycles. The van der Waals surface area contributed by atoms with Crippen LogP contribution >= 0.6 is 11.6 Å². The van der Waals surface area contributed by atoms with Gasteiger partial charge in [-0.15, -0.1) is 11.6 Å². The van der Waals surface area contributed by atoms with Crippen molar-refractivity contribution in [3.8, 4) is 0 Å². The van der Waals surface area contributed by atoms with Gasteiger partial charge in [-0.3, -0.25) is 9.59 Å². The molecule has 0 aromatic carbocycles. The summed E-state index contributed by atoms with van der Waals surface area (Å²) < 4.78 is 24.4. The third-order valence-corrected chi connectivity index (χ3v) is 1.99. The number of carbonyl (C=O) groups is 1. The van der Waals surface area contributed by atoms with Crippen molar-refractivity contribution in [2.24, 2.45) is 0 Å². The van der Waals surface area contributed by atoms with Crippen LogP contribution in [0.2, 0.25) is 0 Å². The van der Waals surface area contributed by atoms with E-state index < -0.39 is 17.4 Å². The Morgan fingerprint density at radius 3 is 2.64 bits per heavy atom. The molecule has 6 heteroatoms. The highest BCUT2D eigenvalue weighted by Crippen LogP contribution is 2.15. The van der Waals surface area contributed by atoms with Crippen molar-refractivity contribution in [2.75, 3.05) is 0 Å². The molecule has 0 amide bonds. The highest BCUT2D eigenvalue weighted by Gasteiger charge is 2.16. The Morgan fingerprint density at radius 2 is 2.21 bits per heavy atom. The van der Waals surface area contributed by atoms with Gasteiger partial charge >= 0.3 is 0 Å². The van der Waals surface area contributed by atoms with E-state index in [2.05, 4.69) is 4.98 Å². The van der Waals surface area contributed by atoms with Gasteiger partial charge in [0.1, 0.15) is 0 Å². The molecule has 0 aliphatic heterocycles. The lowest BCUT2D eigenvalue weighted by atomic mass is 10.1. The second-order valence-electron chi connectivity index (χ2n) is 2.52. The lowest BCUT2D eigenvalue weighted by Crippen LogP contribution is -2.17. The Morgan fingerprint density at radius 1 is 1.57 bits per heavy atom. The molecule has 0 aliphatic rings. The van der Waals surface area contributed by atoms with Gasteiger partial charge in [-0.05, 0) is 0 Å². The standard InChI is InChI=1S/C8H6ClF2NO2/c9-1-6-5(3-13)7(14)4(2-12-6)8(10)11/h2-3,8H,1H2,(H,12,14). The smallest absolute Gasteiger partial charge is 0.269 e. The minimum Gasteiger partial charge on any atom is -0.363 e. The van der Waals surface area contributed by atoms with Crippen LogP contribution in [0.15, 0.2) is 11.0 Å². The van der Waals surface area contributed by atoms with Crippen LogP contribution in [-0.4, -0.2) is 11.3 Å². The number of aromatic amines is 1. The fraction of sp³-hybridized carbons (Fsp3) is 0.250. The van der Waals surface area contributed by atoms with Crippen molar-refractivity contribution >= 4 is 17.9 Å². The van der Waals surface area contributed by atoms with E-state index in [0.29, 0.717) is 0 Å². The molecule has 76 valence electrons. The maximum atomic E-state index is 12.2. The largest absolute Gasteiger partial charge is 0.363 e. The number of hydrogen-bond acceptors (Lipinski definition) is 2. The van der Waals surface area contributed by atoms with E-state index in [-0.39, 0.29) is 23.4 Å². The maximum absolute atomic E-state index is 12.2. The first-order chi connectivity index (χ1) is 6.61. The van der Waals surface area contributed by atoms with Gasteiger partial charge in [0.15, 0.2) is 6.29 Å². The Kier molecular flexibility index (Phi) is 3.35. The zero-order chi connectivity index (χ0) is 10.7. The first kappa shape index (κ1) is 10.8. The van der Waals surface area contributed by atoms with Crippen LogP contribution in [0.3, 0.4) is 0 Å². The lowest BCUT2D eigenvalue weighted by molar-refractivity contribution is 0.112. The normalized spacial score (nSPS) is 10.6. The Balaban J connectivity index is 3.43. The zero-order valence-corrected chi connectivity index (χ0v) is 7.65. The van der Waals surface area contributed by atoms with Crippen LogP contribution in [0.25, 0.3) is 0 Å². The van der Waals surface area contributed by atoms with Gasteiger partial charge in [-0.1, -0.05) is 0 Å².